The second kappa shape index (κ2) is 3.60. The van der Waals surface area contributed by atoms with Crippen molar-refractivity contribution in [1.29, 1.82) is 0 Å². The van der Waals surface area contributed by atoms with Crippen molar-refractivity contribution in [3.8, 4) is 0 Å². The molecule has 0 heterocycles. The van der Waals surface area contributed by atoms with E-state index in [0.717, 1.165) is 19.1 Å². The van der Waals surface area contributed by atoms with Crippen LogP contribution in [0.15, 0.2) is 0 Å². The third-order valence-corrected chi connectivity index (χ3v) is 3.01. The highest BCUT2D eigenvalue weighted by molar-refractivity contribution is 5.83. The van der Waals surface area contributed by atoms with Gasteiger partial charge >= 0.3 is 0 Å². The molecule has 1 aliphatic carbocycles. The summed E-state index contributed by atoms with van der Waals surface area (Å²) in [7, 11) is 0. The van der Waals surface area contributed by atoms with Crippen LogP contribution in [0.2, 0.25) is 0 Å². The van der Waals surface area contributed by atoms with Gasteiger partial charge in [0, 0.05) is 17.8 Å². The first-order valence-corrected chi connectivity index (χ1v) is 4.95. The Morgan fingerprint density at radius 2 is 2.15 bits per heavy atom. The summed E-state index contributed by atoms with van der Waals surface area (Å²) in [5, 5.41) is 0. The Balaban J connectivity index is 2.62. The van der Waals surface area contributed by atoms with Gasteiger partial charge in [-0.1, -0.05) is 20.8 Å². The van der Waals surface area contributed by atoms with E-state index in [2.05, 4.69) is 6.92 Å². The van der Waals surface area contributed by atoms with Crippen LogP contribution in [-0.2, 0) is 9.59 Å². The average Bonchev–Trinajstić information content (AvgIpc) is 2.36. The fourth-order valence-electron chi connectivity index (χ4n) is 2.00. The van der Waals surface area contributed by atoms with E-state index in [9.17, 15) is 9.59 Å². The molecule has 74 valence electrons. The van der Waals surface area contributed by atoms with E-state index in [1.54, 1.807) is 0 Å². The first kappa shape index (κ1) is 10.4. The highest BCUT2D eigenvalue weighted by Crippen LogP contribution is 2.36. The summed E-state index contributed by atoms with van der Waals surface area (Å²) in [6.45, 7) is 5.91. The van der Waals surface area contributed by atoms with Crippen molar-refractivity contribution in [3.63, 3.8) is 0 Å². The summed E-state index contributed by atoms with van der Waals surface area (Å²) >= 11 is 0. The van der Waals surface area contributed by atoms with E-state index >= 15 is 0 Å². The van der Waals surface area contributed by atoms with Gasteiger partial charge < -0.3 is 4.79 Å². The summed E-state index contributed by atoms with van der Waals surface area (Å²) in [5.41, 5.74) is -0.334. The Hall–Kier alpha value is -0.660. The molecule has 0 amide bonds. The minimum Gasteiger partial charge on any atom is -0.303 e. The van der Waals surface area contributed by atoms with Crippen LogP contribution < -0.4 is 0 Å². The minimum absolute atomic E-state index is 0.125. The average molecular weight is 182 g/mol. The van der Waals surface area contributed by atoms with E-state index in [0.29, 0.717) is 18.1 Å². The van der Waals surface area contributed by atoms with Crippen LogP contribution in [0.3, 0.4) is 0 Å². The SMILES string of the molecule is CC1CCC(=O)C1CC(C)(C)C=O. The lowest BCUT2D eigenvalue weighted by atomic mass is 9.80. The fourth-order valence-corrected chi connectivity index (χ4v) is 2.00. The second-order valence-electron chi connectivity index (χ2n) is 4.90. The van der Waals surface area contributed by atoms with E-state index < -0.39 is 0 Å². The Kier molecular flexibility index (Phi) is 2.89. The predicted octanol–water partition coefficient (Wildman–Crippen LogP) is 2.22. The van der Waals surface area contributed by atoms with Crippen molar-refractivity contribution in [2.75, 3.05) is 0 Å². The van der Waals surface area contributed by atoms with Gasteiger partial charge in [0.1, 0.15) is 12.1 Å². The Morgan fingerprint density at radius 3 is 2.54 bits per heavy atom. The molecule has 2 heteroatoms. The zero-order chi connectivity index (χ0) is 10.1. The van der Waals surface area contributed by atoms with Crippen molar-refractivity contribution in [2.24, 2.45) is 17.3 Å². The highest BCUT2D eigenvalue weighted by atomic mass is 16.1. The Morgan fingerprint density at radius 1 is 1.54 bits per heavy atom. The van der Waals surface area contributed by atoms with Crippen molar-refractivity contribution in [3.05, 3.63) is 0 Å². The fraction of sp³-hybridized carbons (Fsp3) is 0.818. The summed E-state index contributed by atoms with van der Waals surface area (Å²) in [6.07, 6.45) is 3.39. The first-order valence-electron chi connectivity index (χ1n) is 4.95. The van der Waals surface area contributed by atoms with Crippen molar-refractivity contribution < 1.29 is 9.59 Å². The molecule has 1 rings (SSSR count). The maximum absolute atomic E-state index is 11.5. The van der Waals surface area contributed by atoms with Gasteiger partial charge in [0.05, 0.1) is 0 Å². The maximum Gasteiger partial charge on any atom is 0.136 e. The predicted molar refractivity (Wildman–Crippen MR) is 51.4 cm³/mol. The Labute approximate surface area is 79.7 Å². The van der Waals surface area contributed by atoms with Gasteiger partial charge in [0.2, 0.25) is 0 Å². The van der Waals surface area contributed by atoms with Gasteiger partial charge in [-0.3, -0.25) is 4.79 Å². The number of hydrogen-bond acceptors (Lipinski definition) is 2. The summed E-state index contributed by atoms with van der Waals surface area (Å²) < 4.78 is 0. The standard InChI is InChI=1S/C11H18O2/c1-8-4-5-10(13)9(8)6-11(2,3)7-12/h7-9H,4-6H2,1-3H3. The van der Waals surface area contributed by atoms with Crippen molar-refractivity contribution in [1.82, 2.24) is 0 Å². The molecule has 1 fully saturated rings. The molecule has 0 spiro atoms. The minimum atomic E-state index is -0.334. The van der Waals surface area contributed by atoms with E-state index in [1.165, 1.54) is 0 Å². The molecule has 2 nitrogen and oxygen atoms in total. The van der Waals surface area contributed by atoms with Gasteiger partial charge in [0.25, 0.3) is 0 Å². The third kappa shape index (κ3) is 2.39. The molecule has 13 heavy (non-hydrogen) atoms. The highest BCUT2D eigenvalue weighted by Gasteiger charge is 2.35. The molecule has 0 radical (unpaired) electrons. The quantitative estimate of drug-likeness (QED) is 0.627. The zero-order valence-electron chi connectivity index (χ0n) is 8.67. The molecule has 0 saturated heterocycles. The van der Waals surface area contributed by atoms with E-state index in [-0.39, 0.29) is 11.3 Å². The van der Waals surface area contributed by atoms with Crippen LogP contribution >= 0.6 is 0 Å². The number of carbonyl (C=O) groups excluding carboxylic acids is 2. The van der Waals surface area contributed by atoms with Crippen LogP contribution in [0.1, 0.15) is 40.0 Å². The van der Waals surface area contributed by atoms with Gasteiger partial charge in [-0.05, 0) is 18.8 Å². The molecule has 2 unspecified atom stereocenters. The number of aldehydes is 1. The molecule has 0 N–H and O–H groups in total. The summed E-state index contributed by atoms with van der Waals surface area (Å²) in [5.74, 6) is 0.939. The lowest BCUT2D eigenvalue weighted by molar-refractivity contribution is -0.123. The van der Waals surface area contributed by atoms with Crippen molar-refractivity contribution >= 4 is 12.1 Å². The van der Waals surface area contributed by atoms with Gasteiger partial charge in [-0.15, -0.1) is 0 Å². The number of rotatable bonds is 3. The van der Waals surface area contributed by atoms with Crippen LogP contribution in [0.25, 0.3) is 0 Å². The number of Topliss-reactive ketones (excluding diaryl/α,β-unsaturated/α-hetero) is 1. The largest absolute Gasteiger partial charge is 0.303 e. The normalized spacial score (nSPS) is 29.3. The topological polar surface area (TPSA) is 34.1 Å². The molecule has 0 aromatic carbocycles. The Bertz CT molecular complexity index is 218. The van der Waals surface area contributed by atoms with Gasteiger partial charge in [-0.2, -0.15) is 0 Å². The van der Waals surface area contributed by atoms with E-state index in [4.69, 9.17) is 0 Å². The van der Waals surface area contributed by atoms with E-state index in [1.807, 2.05) is 13.8 Å². The van der Waals surface area contributed by atoms with Crippen LogP contribution in [-0.4, -0.2) is 12.1 Å². The van der Waals surface area contributed by atoms with Gasteiger partial charge in [-0.25, -0.2) is 0 Å². The molecule has 0 aromatic heterocycles. The zero-order valence-corrected chi connectivity index (χ0v) is 8.67. The number of hydrogen-bond donors (Lipinski definition) is 0. The summed E-state index contributed by atoms with van der Waals surface area (Å²) in [6, 6.07) is 0. The summed E-state index contributed by atoms with van der Waals surface area (Å²) in [4.78, 5) is 22.2. The molecular weight excluding hydrogens is 164 g/mol. The molecule has 0 aromatic rings. The molecule has 2 atom stereocenters. The van der Waals surface area contributed by atoms with Crippen molar-refractivity contribution in [2.45, 2.75) is 40.0 Å². The van der Waals surface area contributed by atoms with Crippen LogP contribution in [0.5, 0.6) is 0 Å². The molecule has 1 saturated carbocycles. The van der Waals surface area contributed by atoms with Crippen LogP contribution in [0, 0.1) is 17.3 Å². The van der Waals surface area contributed by atoms with Gasteiger partial charge in [0.15, 0.2) is 0 Å². The second-order valence-corrected chi connectivity index (χ2v) is 4.90. The maximum atomic E-state index is 11.5. The molecule has 0 aliphatic heterocycles. The molecule has 0 bridgehead atoms. The number of ketones is 1. The lowest BCUT2D eigenvalue weighted by Crippen LogP contribution is -2.23. The monoisotopic (exact) mass is 182 g/mol. The first-order chi connectivity index (χ1) is 5.96. The lowest BCUT2D eigenvalue weighted by Gasteiger charge is -2.23. The number of carbonyl (C=O) groups is 2. The smallest absolute Gasteiger partial charge is 0.136 e. The molecule has 1 aliphatic rings. The van der Waals surface area contributed by atoms with Crippen LogP contribution in [0.4, 0.5) is 0 Å². The third-order valence-electron chi connectivity index (χ3n) is 3.01. The molecular formula is C11H18O2.